The second-order valence-electron chi connectivity index (χ2n) is 5.43. The van der Waals surface area contributed by atoms with Crippen molar-refractivity contribution in [2.24, 2.45) is 0 Å². The first-order chi connectivity index (χ1) is 9.56. The van der Waals surface area contributed by atoms with Crippen molar-refractivity contribution in [3.8, 4) is 5.75 Å². The molecule has 0 spiro atoms. The Kier molecular flexibility index (Phi) is 5.01. The Labute approximate surface area is 120 Å². The molecule has 1 atom stereocenters. The molecule has 20 heavy (non-hydrogen) atoms. The average Bonchev–Trinajstić information content (AvgIpc) is 2.92. The van der Waals surface area contributed by atoms with E-state index in [2.05, 4.69) is 11.4 Å². The van der Waals surface area contributed by atoms with Crippen LogP contribution in [0.4, 0.5) is 0 Å². The quantitative estimate of drug-likeness (QED) is 0.898. The third-order valence-electron chi connectivity index (χ3n) is 3.67. The summed E-state index contributed by atoms with van der Waals surface area (Å²) in [5.74, 6) is 0.689. The fourth-order valence-corrected chi connectivity index (χ4v) is 2.38. The maximum absolute atomic E-state index is 11.8. The predicted octanol–water partition coefficient (Wildman–Crippen LogP) is 2.29. The Hall–Kier alpha value is -1.55. The van der Waals surface area contributed by atoms with E-state index in [-0.39, 0.29) is 18.6 Å². The zero-order chi connectivity index (χ0) is 14.5. The molecule has 0 radical (unpaired) electrons. The molecule has 1 N–H and O–H groups in total. The second kappa shape index (κ2) is 6.75. The number of hydrogen-bond donors (Lipinski definition) is 1. The van der Waals surface area contributed by atoms with E-state index in [0.717, 1.165) is 36.3 Å². The molecule has 4 heteroatoms. The van der Waals surface area contributed by atoms with Crippen LogP contribution in [0.3, 0.4) is 0 Å². The molecule has 110 valence electrons. The van der Waals surface area contributed by atoms with E-state index < -0.39 is 0 Å². The van der Waals surface area contributed by atoms with Crippen molar-refractivity contribution in [1.82, 2.24) is 5.32 Å². The summed E-state index contributed by atoms with van der Waals surface area (Å²) in [6, 6.07) is 4.08. The monoisotopic (exact) mass is 277 g/mol. The van der Waals surface area contributed by atoms with Crippen LogP contribution in [0.5, 0.6) is 5.75 Å². The normalized spacial score (nSPS) is 18.1. The molecule has 0 aromatic heterocycles. The van der Waals surface area contributed by atoms with Gasteiger partial charge in [-0.2, -0.15) is 0 Å². The molecule has 1 heterocycles. The van der Waals surface area contributed by atoms with Gasteiger partial charge in [0.15, 0.2) is 6.61 Å². The number of ether oxygens (including phenoxy) is 2. The van der Waals surface area contributed by atoms with Crippen molar-refractivity contribution in [2.75, 3.05) is 19.8 Å². The first-order valence-corrected chi connectivity index (χ1v) is 7.15. The van der Waals surface area contributed by atoms with Gasteiger partial charge in [0, 0.05) is 13.2 Å². The highest BCUT2D eigenvalue weighted by molar-refractivity contribution is 5.77. The topological polar surface area (TPSA) is 47.6 Å². The SMILES string of the molecule is Cc1cc(C)c(C)c(OCC(=O)NC[C@H]2CCCO2)c1. The van der Waals surface area contributed by atoms with E-state index in [4.69, 9.17) is 9.47 Å². The summed E-state index contributed by atoms with van der Waals surface area (Å²) < 4.78 is 11.1. The summed E-state index contributed by atoms with van der Waals surface area (Å²) >= 11 is 0. The molecule has 1 aliphatic heterocycles. The Bertz CT molecular complexity index is 479. The standard InChI is InChI=1S/C16H23NO3/c1-11-7-12(2)13(3)15(8-11)20-10-16(18)17-9-14-5-4-6-19-14/h7-8,14H,4-6,9-10H2,1-3H3,(H,17,18)/t14-/m1/s1. The molecule has 0 saturated carbocycles. The van der Waals surface area contributed by atoms with Gasteiger partial charge in [-0.1, -0.05) is 6.07 Å². The number of aryl methyl sites for hydroxylation is 2. The smallest absolute Gasteiger partial charge is 0.258 e. The summed E-state index contributed by atoms with van der Waals surface area (Å²) in [7, 11) is 0. The number of carbonyl (C=O) groups is 1. The molecule has 2 rings (SSSR count). The molecule has 4 nitrogen and oxygen atoms in total. The lowest BCUT2D eigenvalue weighted by Gasteiger charge is -2.14. The van der Waals surface area contributed by atoms with Gasteiger partial charge in [0.25, 0.3) is 5.91 Å². The Morgan fingerprint density at radius 1 is 1.40 bits per heavy atom. The maximum Gasteiger partial charge on any atom is 0.258 e. The maximum atomic E-state index is 11.8. The number of benzene rings is 1. The van der Waals surface area contributed by atoms with Gasteiger partial charge in [0.1, 0.15) is 5.75 Å². The predicted molar refractivity (Wildman–Crippen MR) is 78.1 cm³/mol. The summed E-state index contributed by atoms with van der Waals surface area (Å²) in [5, 5.41) is 2.85. The van der Waals surface area contributed by atoms with E-state index in [1.165, 1.54) is 5.56 Å². The Morgan fingerprint density at radius 2 is 2.20 bits per heavy atom. The molecular weight excluding hydrogens is 254 g/mol. The zero-order valence-electron chi connectivity index (χ0n) is 12.5. The molecular formula is C16H23NO3. The van der Waals surface area contributed by atoms with Gasteiger partial charge in [-0.05, 0) is 56.4 Å². The number of rotatable bonds is 5. The van der Waals surface area contributed by atoms with Crippen LogP contribution in [0.2, 0.25) is 0 Å². The lowest BCUT2D eigenvalue weighted by Crippen LogP contribution is -2.35. The van der Waals surface area contributed by atoms with Crippen LogP contribution in [0.15, 0.2) is 12.1 Å². The highest BCUT2D eigenvalue weighted by Crippen LogP contribution is 2.23. The highest BCUT2D eigenvalue weighted by Gasteiger charge is 2.16. The molecule has 0 unspecified atom stereocenters. The summed E-state index contributed by atoms with van der Waals surface area (Å²) in [5.41, 5.74) is 3.41. The molecule has 1 aromatic carbocycles. The van der Waals surface area contributed by atoms with Crippen LogP contribution >= 0.6 is 0 Å². The van der Waals surface area contributed by atoms with Gasteiger partial charge >= 0.3 is 0 Å². The fourth-order valence-electron chi connectivity index (χ4n) is 2.38. The van der Waals surface area contributed by atoms with Crippen LogP contribution in [0.25, 0.3) is 0 Å². The molecule has 1 aromatic rings. The van der Waals surface area contributed by atoms with E-state index in [9.17, 15) is 4.79 Å². The van der Waals surface area contributed by atoms with Crippen LogP contribution in [-0.2, 0) is 9.53 Å². The number of hydrogen-bond acceptors (Lipinski definition) is 3. The van der Waals surface area contributed by atoms with Gasteiger partial charge in [-0.3, -0.25) is 4.79 Å². The first kappa shape index (κ1) is 14.9. The molecule has 1 saturated heterocycles. The number of nitrogens with one attached hydrogen (secondary N) is 1. The Morgan fingerprint density at radius 3 is 2.90 bits per heavy atom. The van der Waals surface area contributed by atoms with Gasteiger partial charge in [0.05, 0.1) is 6.10 Å². The summed E-state index contributed by atoms with van der Waals surface area (Å²) in [4.78, 5) is 11.8. The minimum absolute atomic E-state index is 0.0520. The van der Waals surface area contributed by atoms with Gasteiger partial charge < -0.3 is 14.8 Å². The van der Waals surface area contributed by atoms with Crippen molar-refractivity contribution >= 4 is 5.91 Å². The molecule has 1 amide bonds. The van der Waals surface area contributed by atoms with Gasteiger partial charge in [-0.25, -0.2) is 0 Å². The summed E-state index contributed by atoms with van der Waals surface area (Å²) in [6.45, 7) is 7.52. The van der Waals surface area contributed by atoms with Crippen molar-refractivity contribution < 1.29 is 14.3 Å². The van der Waals surface area contributed by atoms with E-state index in [0.29, 0.717) is 6.54 Å². The van der Waals surface area contributed by atoms with Crippen molar-refractivity contribution in [1.29, 1.82) is 0 Å². The molecule has 1 aliphatic rings. The molecule has 1 fully saturated rings. The van der Waals surface area contributed by atoms with Crippen LogP contribution < -0.4 is 10.1 Å². The van der Waals surface area contributed by atoms with Crippen molar-refractivity contribution in [3.05, 3.63) is 28.8 Å². The third-order valence-corrected chi connectivity index (χ3v) is 3.67. The van der Waals surface area contributed by atoms with E-state index in [1.54, 1.807) is 0 Å². The second-order valence-corrected chi connectivity index (χ2v) is 5.43. The number of amides is 1. The first-order valence-electron chi connectivity index (χ1n) is 7.15. The molecule has 0 bridgehead atoms. The van der Waals surface area contributed by atoms with Crippen molar-refractivity contribution in [2.45, 2.75) is 39.7 Å². The lowest BCUT2D eigenvalue weighted by atomic mass is 10.1. The van der Waals surface area contributed by atoms with E-state index in [1.807, 2.05) is 26.8 Å². The number of carbonyl (C=O) groups excluding carboxylic acids is 1. The summed E-state index contributed by atoms with van der Waals surface area (Å²) in [6.07, 6.45) is 2.28. The fraction of sp³-hybridized carbons (Fsp3) is 0.562. The van der Waals surface area contributed by atoms with Crippen molar-refractivity contribution in [3.63, 3.8) is 0 Å². The largest absolute Gasteiger partial charge is 0.483 e. The van der Waals surface area contributed by atoms with Gasteiger partial charge in [0.2, 0.25) is 0 Å². The highest BCUT2D eigenvalue weighted by atomic mass is 16.5. The lowest BCUT2D eigenvalue weighted by molar-refractivity contribution is -0.123. The molecule has 0 aliphatic carbocycles. The van der Waals surface area contributed by atoms with Crippen LogP contribution in [0.1, 0.15) is 29.5 Å². The van der Waals surface area contributed by atoms with E-state index >= 15 is 0 Å². The minimum Gasteiger partial charge on any atom is -0.483 e. The van der Waals surface area contributed by atoms with Crippen LogP contribution in [-0.4, -0.2) is 31.8 Å². The average molecular weight is 277 g/mol. The Balaban J connectivity index is 1.80. The third kappa shape index (κ3) is 3.97. The zero-order valence-corrected chi connectivity index (χ0v) is 12.5. The minimum atomic E-state index is -0.0981. The van der Waals surface area contributed by atoms with Crippen LogP contribution in [0, 0.1) is 20.8 Å². The van der Waals surface area contributed by atoms with Gasteiger partial charge in [-0.15, -0.1) is 0 Å².